The molecule has 0 spiro atoms. The molecule has 126 valence electrons. The monoisotopic (exact) mass is 330 g/mol. The minimum absolute atomic E-state index is 0.0241. The van der Waals surface area contributed by atoms with E-state index < -0.39 is 0 Å². The highest BCUT2D eigenvalue weighted by Crippen LogP contribution is 2.40. The molecule has 2 aromatic carbocycles. The van der Waals surface area contributed by atoms with Crippen molar-refractivity contribution in [3.63, 3.8) is 0 Å². The van der Waals surface area contributed by atoms with Crippen molar-refractivity contribution in [1.82, 2.24) is 9.88 Å². The van der Waals surface area contributed by atoms with Gasteiger partial charge in [0, 0.05) is 12.4 Å². The standard InChI is InChI=1S/C22H22N2O/c1-16(18-7-6-8-19(15-18)17-11-12-17)23-22(25)20-9-2-3-10-21(20)24-13-4-5-14-24/h2-10,13-17H,11-12H2,1H3,(H,23,25). The Morgan fingerprint density at radius 3 is 2.56 bits per heavy atom. The van der Waals surface area contributed by atoms with E-state index >= 15 is 0 Å². The summed E-state index contributed by atoms with van der Waals surface area (Å²) in [5, 5.41) is 3.15. The number of aromatic nitrogens is 1. The van der Waals surface area contributed by atoms with Crippen LogP contribution in [0.3, 0.4) is 0 Å². The highest BCUT2D eigenvalue weighted by Gasteiger charge is 2.24. The summed E-state index contributed by atoms with van der Waals surface area (Å²) >= 11 is 0. The molecule has 1 amide bonds. The molecule has 4 rings (SSSR count). The Hall–Kier alpha value is -2.81. The third-order valence-electron chi connectivity index (χ3n) is 4.84. The van der Waals surface area contributed by atoms with E-state index in [1.54, 1.807) is 0 Å². The smallest absolute Gasteiger partial charge is 0.253 e. The summed E-state index contributed by atoms with van der Waals surface area (Å²) in [5.41, 5.74) is 4.13. The quantitative estimate of drug-likeness (QED) is 0.713. The first-order valence-electron chi connectivity index (χ1n) is 8.85. The minimum Gasteiger partial charge on any atom is -0.345 e. The van der Waals surface area contributed by atoms with E-state index in [0.717, 1.165) is 17.2 Å². The molecule has 3 aromatic rings. The molecule has 3 nitrogen and oxygen atoms in total. The van der Waals surface area contributed by atoms with Crippen LogP contribution in [0.4, 0.5) is 0 Å². The van der Waals surface area contributed by atoms with Crippen LogP contribution in [-0.4, -0.2) is 10.5 Å². The second kappa shape index (κ2) is 6.60. The van der Waals surface area contributed by atoms with Gasteiger partial charge in [-0.15, -0.1) is 0 Å². The number of nitrogens with zero attached hydrogens (tertiary/aromatic N) is 1. The van der Waals surface area contributed by atoms with Crippen LogP contribution in [0.2, 0.25) is 0 Å². The van der Waals surface area contributed by atoms with Crippen molar-refractivity contribution < 1.29 is 4.79 Å². The van der Waals surface area contributed by atoms with Crippen molar-refractivity contribution in [3.05, 3.63) is 89.7 Å². The maximum atomic E-state index is 12.9. The minimum atomic E-state index is -0.0476. The van der Waals surface area contributed by atoms with Crippen molar-refractivity contribution in [3.8, 4) is 5.69 Å². The molecule has 0 saturated heterocycles. The lowest BCUT2D eigenvalue weighted by Gasteiger charge is -2.17. The molecule has 1 aliphatic rings. The molecule has 1 unspecified atom stereocenters. The lowest BCUT2D eigenvalue weighted by Crippen LogP contribution is -2.27. The van der Waals surface area contributed by atoms with Gasteiger partial charge >= 0.3 is 0 Å². The van der Waals surface area contributed by atoms with Crippen molar-refractivity contribution in [1.29, 1.82) is 0 Å². The molecule has 1 aromatic heterocycles. The van der Waals surface area contributed by atoms with Gasteiger partial charge in [0.15, 0.2) is 0 Å². The van der Waals surface area contributed by atoms with Crippen molar-refractivity contribution in [2.45, 2.75) is 31.7 Å². The Labute approximate surface area is 148 Å². The van der Waals surface area contributed by atoms with Crippen LogP contribution < -0.4 is 5.32 Å². The zero-order valence-electron chi connectivity index (χ0n) is 14.4. The van der Waals surface area contributed by atoms with Crippen LogP contribution >= 0.6 is 0 Å². The van der Waals surface area contributed by atoms with Crippen LogP contribution in [0.15, 0.2) is 73.1 Å². The normalized spacial score (nSPS) is 14.9. The van der Waals surface area contributed by atoms with Gasteiger partial charge in [-0.05, 0) is 61.1 Å². The Morgan fingerprint density at radius 2 is 1.80 bits per heavy atom. The Morgan fingerprint density at radius 1 is 1.04 bits per heavy atom. The second-order valence-electron chi connectivity index (χ2n) is 6.75. The van der Waals surface area contributed by atoms with Gasteiger partial charge in [-0.2, -0.15) is 0 Å². The maximum Gasteiger partial charge on any atom is 0.253 e. The molecule has 25 heavy (non-hydrogen) atoms. The zero-order valence-corrected chi connectivity index (χ0v) is 14.4. The summed E-state index contributed by atoms with van der Waals surface area (Å²) in [6.45, 7) is 2.04. The number of nitrogens with one attached hydrogen (secondary N) is 1. The molecule has 1 N–H and O–H groups in total. The predicted molar refractivity (Wildman–Crippen MR) is 100 cm³/mol. The van der Waals surface area contributed by atoms with Gasteiger partial charge in [0.25, 0.3) is 5.91 Å². The fourth-order valence-electron chi connectivity index (χ4n) is 3.24. The molecule has 0 bridgehead atoms. The van der Waals surface area contributed by atoms with Crippen molar-refractivity contribution in [2.24, 2.45) is 0 Å². The number of rotatable bonds is 5. The van der Waals surface area contributed by atoms with Gasteiger partial charge in [0.05, 0.1) is 17.3 Å². The van der Waals surface area contributed by atoms with Crippen molar-refractivity contribution in [2.75, 3.05) is 0 Å². The largest absolute Gasteiger partial charge is 0.345 e. The van der Waals surface area contributed by atoms with E-state index in [2.05, 4.69) is 29.6 Å². The fourth-order valence-corrected chi connectivity index (χ4v) is 3.24. The average molecular weight is 330 g/mol. The van der Waals surface area contributed by atoms with E-state index in [-0.39, 0.29) is 11.9 Å². The summed E-state index contributed by atoms with van der Waals surface area (Å²) in [5.74, 6) is 0.672. The van der Waals surface area contributed by atoms with E-state index in [4.69, 9.17) is 0 Å². The highest BCUT2D eigenvalue weighted by atomic mass is 16.1. The molecule has 1 fully saturated rings. The van der Waals surface area contributed by atoms with Gasteiger partial charge in [-0.1, -0.05) is 36.4 Å². The fraction of sp³-hybridized carbons (Fsp3) is 0.227. The van der Waals surface area contributed by atoms with Gasteiger partial charge in [-0.25, -0.2) is 0 Å². The number of amides is 1. The molecule has 1 saturated carbocycles. The molecule has 1 atom stereocenters. The first-order chi connectivity index (χ1) is 12.2. The molecule has 1 heterocycles. The summed E-state index contributed by atoms with van der Waals surface area (Å²) in [6.07, 6.45) is 6.48. The summed E-state index contributed by atoms with van der Waals surface area (Å²) < 4.78 is 1.97. The molecule has 1 aliphatic carbocycles. The van der Waals surface area contributed by atoms with Crippen LogP contribution in [0.25, 0.3) is 5.69 Å². The van der Waals surface area contributed by atoms with E-state index in [9.17, 15) is 4.79 Å². The topological polar surface area (TPSA) is 34.0 Å². The van der Waals surface area contributed by atoms with Gasteiger partial charge in [0.1, 0.15) is 0 Å². The Bertz CT molecular complexity index is 879. The number of hydrogen-bond donors (Lipinski definition) is 1. The predicted octanol–water partition coefficient (Wildman–Crippen LogP) is 4.85. The lowest BCUT2D eigenvalue weighted by atomic mass is 10.0. The highest BCUT2D eigenvalue weighted by molar-refractivity contribution is 5.98. The summed E-state index contributed by atoms with van der Waals surface area (Å²) in [6, 6.07) is 20.2. The molecule has 3 heteroatoms. The van der Waals surface area contributed by atoms with Crippen LogP contribution in [0, 0.1) is 0 Å². The Balaban J connectivity index is 1.55. The molecular formula is C22H22N2O. The molecular weight excluding hydrogens is 308 g/mol. The summed E-state index contributed by atoms with van der Waals surface area (Å²) in [4.78, 5) is 12.9. The molecule has 0 radical (unpaired) electrons. The second-order valence-corrected chi connectivity index (χ2v) is 6.75. The maximum absolute atomic E-state index is 12.9. The number of carbonyl (C=O) groups is 1. The number of para-hydroxylation sites is 1. The van der Waals surface area contributed by atoms with Gasteiger partial charge in [0.2, 0.25) is 0 Å². The van der Waals surface area contributed by atoms with E-state index in [0.29, 0.717) is 5.56 Å². The van der Waals surface area contributed by atoms with Crippen molar-refractivity contribution >= 4 is 5.91 Å². The number of carbonyl (C=O) groups excluding carboxylic acids is 1. The van der Waals surface area contributed by atoms with Crippen LogP contribution in [-0.2, 0) is 0 Å². The summed E-state index contributed by atoms with van der Waals surface area (Å²) in [7, 11) is 0. The van der Waals surface area contributed by atoms with E-state index in [1.807, 2.05) is 60.3 Å². The zero-order chi connectivity index (χ0) is 17.2. The van der Waals surface area contributed by atoms with Gasteiger partial charge in [-0.3, -0.25) is 4.79 Å². The van der Waals surface area contributed by atoms with Gasteiger partial charge < -0.3 is 9.88 Å². The lowest BCUT2D eigenvalue weighted by molar-refractivity contribution is 0.0940. The van der Waals surface area contributed by atoms with Crippen LogP contribution in [0.1, 0.15) is 53.2 Å². The third-order valence-corrected chi connectivity index (χ3v) is 4.84. The first-order valence-corrected chi connectivity index (χ1v) is 8.85. The molecule has 0 aliphatic heterocycles. The average Bonchev–Trinajstić information content (AvgIpc) is 3.36. The van der Waals surface area contributed by atoms with Crippen LogP contribution in [0.5, 0.6) is 0 Å². The van der Waals surface area contributed by atoms with E-state index in [1.165, 1.54) is 18.4 Å². The third kappa shape index (κ3) is 3.36. The Kier molecular flexibility index (Phi) is 4.14. The SMILES string of the molecule is CC(NC(=O)c1ccccc1-n1cccc1)c1cccc(C2CC2)c1. The number of benzene rings is 2. The number of hydrogen-bond acceptors (Lipinski definition) is 1. The first kappa shape index (κ1) is 15.7.